The fraction of sp³-hybridized carbons (Fsp3) is 0.136. The number of thioether (sulfide) groups is 1. The number of carbonyl (C=O) groups is 3. The molecule has 0 saturated carbocycles. The van der Waals surface area contributed by atoms with Gasteiger partial charge in [-0.25, -0.2) is 4.98 Å². The number of hydrogen-bond donors (Lipinski definition) is 3. The molecule has 10 nitrogen and oxygen atoms in total. The molecule has 0 aliphatic carbocycles. The van der Waals surface area contributed by atoms with Crippen LogP contribution in [0.4, 0.5) is 10.8 Å². The molecule has 56 heavy (non-hydrogen) atoms. The van der Waals surface area contributed by atoms with Gasteiger partial charge in [-0.2, -0.15) is 0 Å². The first-order chi connectivity index (χ1) is 27.1. The summed E-state index contributed by atoms with van der Waals surface area (Å²) in [5, 5.41) is 8.62. The van der Waals surface area contributed by atoms with Gasteiger partial charge in [-0.3, -0.25) is 14.4 Å². The maximum absolute atomic E-state index is 13.9. The Kier molecular flexibility index (Phi) is 12.9. The van der Waals surface area contributed by atoms with Gasteiger partial charge in [0.2, 0.25) is 11.7 Å². The molecule has 0 saturated heterocycles. The standard InChI is InChI=1S/C44H40N4O6S2/c1-27-16-18-30(19-17-27)38-28(2)55-44(47-38)48-43(51)40(31-12-8-6-9-13-31)56-34-22-20-33(21-23-34)45-42(50)35(46-41(49)32-14-10-7-11-15-32)24-29-25-36(52-3)39(54-5)37(26-29)53-4/h6-26,40H,1-5H3,(H,45,50)(H,46,49)(H,47,48,51)/b35-24-. The normalized spacial score (nSPS) is 11.6. The second kappa shape index (κ2) is 18.3. The Hall–Kier alpha value is -6.37. The van der Waals surface area contributed by atoms with E-state index in [1.165, 1.54) is 50.5 Å². The summed E-state index contributed by atoms with van der Waals surface area (Å²) >= 11 is 2.82. The van der Waals surface area contributed by atoms with Gasteiger partial charge in [0.1, 0.15) is 10.9 Å². The van der Waals surface area contributed by atoms with E-state index in [-0.39, 0.29) is 11.6 Å². The van der Waals surface area contributed by atoms with Crippen molar-refractivity contribution in [2.75, 3.05) is 32.0 Å². The molecule has 0 fully saturated rings. The molecule has 6 rings (SSSR count). The predicted octanol–water partition coefficient (Wildman–Crippen LogP) is 9.33. The van der Waals surface area contributed by atoms with Crippen LogP contribution >= 0.6 is 23.1 Å². The molecule has 1 unspecified atom stereocenters. The highest BCUT2D eigenvalue weighted by Crippen LogP contribution is 2.40. The number of benzene rings is 5. The highest BCUT2D eigenvalue weighted by Gasteiger charge is 2.24. The zero-order chi connectivity index (χ0) is 39.6. The lowest BCUT2D eigenvalue weighted by atomic mass is 10.1. The average molecular weight is 785 g/mol. The molecular formula is C44H40N4O6S2. The third-order valence-corrected chi connectivity index (χ3v) is 10.7. The highest BCUT2D eigenvalue weighted by molar-refractivity contribution is 8.00. The summed E-state index contributed by atoms with van der Waals surface area (Å²) in [7, 11) is 4.49. The predicted molar refractivity (Wildman–Crippen MR) is 224 cm³/mol. The van der Waals surface area contributed by atoms with Gasteiger partial charge in [-0.05, 0) is 79.6 Å². The number of amides is 3. The zero-order valence-electron chi connectivity index (χ0n) is 31.4. The number of aryl methyl sites for hydroxylation is 2. The largest absolute Gasteiger partial charge is 0.493 e. The van der Waals surface area contributed by atoms with E-state index in [1.807, 2.05) is 80.6 Å². The molecule has 0 aliphatic rings. The Bertz CT molecular complexity index is 2320. The van der Waals surface area contributed by atoms with Gasteiger partial charge < -0.3 is 30.2 Å². The minimum Gasteiger partial charge on any atom is -0.493 e. The van der Waals surface area contributed by atoms with Crippen LogP contribution in [0.15, 0.2) is 132 Å². The molecule has 0 spiro atoms. The Morgan fingerprint density at radius 2 is 1.38 bits per heavy atom. The lowest BCUT2D eigenvalue weighted by Gasteiger charge is -2.17. The third kappa shape index (κ3) is 9.64. The van der Waals surface area contributed by atoms with E-state index in [1.54, 1.807) is 54.6 Å². The number of nitrogens with one attached hydrogen (secondary N) is 3. The van der Waals surface area contributed by atoms with Crippen LogP contribution in [-0.2, 0) is 9.59 Å². The third-order valence-electron chi connectivity index (χ3n) is 8.59. The first kappa shape index (κ1) is 39.3. The van der Waals surface area contributed by atoms with Crippen LogP contribution in [0.25, 0.3) is 17.3 Å². The monoisotopic (exact) mass is 784 g/mol. The quantitative estimate of drug-likeness (QED) is 0.0737. The van der Waals surface area contributed by atoms with Crippen molar-refractivity contribution in [3.8, 4) is 28.5 Å². The first-order valence-corrected chi connectivity index (χ1v) is 19.2. The molecule has 5 aromatic carbocycles. The number of ether oxygens (including phenoxy) is 3. The number of methoxy groups -OCH3 is 3. The molecule has 6 aromatic rings. The van der Waals surface area contributed by atoms with E-state index in [2.05, 4.69) is 16.0 Å². The average Bonchev–Trinajstić information content (AvgIpc) is 3.59. The highest BCUT2D eigenvalue weighted by atomic mass is 32.2. The number of aromatic nitrogens is 1. The number of nitrogens with zero attached hydrogens (tertiary/aromatic N) is 1. The lowest BCUT2D eigenvalue weighted by molar-refractivity contribution is -0.116. The van der Waals surface area contributed by atoms with Crippen molar-refractivity contribution in [3.63, 3.8) is 0 Å². The molecule has 0 aliphatic heterocycles. The Balaban J connectivity index is 1.21. The van der Waals surface area contributed by atoms with Crippen LogP contribution < -0.4 is 30.2 Å². The summed E-state index contributed by atoms with van der Waals surface area (Å²) in [6.07, 6.45) is 1.53. The van der Waals surface area contributed by atoms with E-state index in [4.69, 9.17) is 19.2 Å². The van der Waals surface area contributed by atoms with E-state index in [0.29, 0.717) is 39.2 Å². The van der Waals surface area contributed by atoms with Gasteiger partial charge in [0.05, 0.1) is 27.0 Å². The van der Waals surface area contributed by atoms with Crippen LogP contribution in [0.2, 0.25) is 0 Å². The van der Waals surface area contributed by atoms with Crippen LogP contribution in [0, 0.1) is 13.8 Å². The van der Waals surface area contributed by atoms with E-state index in [0.717, 1.165) is 32.2 Å². The molecule has 0 bridgehead atoms. The topological polar surface area (TPSA) is 128 Å². The first-order valence-electron chi connectivity index (χ1n) is 17.5. The summed E-state index contributed by atoms with van der Waals surface area (Å²) < 4.78 is 16.4. The van der Waals surface area contributed by atoms with Crippen molar-refractivity contribution >= 4 is 57.7 Å². The number of hydrogen-bond acceptors (Lipinski definition) is 9. The Morgan fingerprint density at radius 1 is 0.750 bits per heavy atom. The van der Waals surface area contributed by atoms with Gasteiger partial charge >= 0.3 is 0 Å². The van der Waals surface area contributed by atoms with Crippen molar-refractivity contribution in [3.05, 3.63) is 154 Å². The van der Waals surface area contributed by atoms with Crippen LogP contribution in [0.5, 0.6) is 17.2 Å². The van der Waals surface area contributed by atoms with Crippen LogP contribution in [0.3, 0.4) is 0 Å². The number of thiazole rings is 1. The summed E-state index contributed by atoms with van der Waals surface area (Å²) in [4.78, 5) is 47.5. The van der Waals surface area contributed by atoms with E-state index < -0.39 is 17.1 Å². The number of anilines is 2. The van der Waals surface area contributed by atoms with Crippen molar-refractivity contribution < 1.29 is 28.6 Å². The lowest BCUT2D eigenvalue weighted by Crippen LogP contribution is -2.30. The Morgan fingerprint density at radius 3 is 1.98 bits per heavy atom. The molecule has 12 heteroatoms. The second-order valence-corrected chi connectivity index (χ2v) is 14.9. The minimum absolute atomic E-state index is 0.0182. The van der Waals surface area contributed by atoms with Crippen LogP contribution in [0.1, 0.15) is 37.2 Å². The molecule has 1 heterocycles. The molecule has 3 amide bonds. The van der Waals surface area contributed by atoms with Gasteiger partial charge in [0.15, 0.2) is 16.6 Å². The fourth-order valence-electron chi connectivity index (χ4n) is 5.75. The molecule has 3 N–H and O–H groups in total. The van der Waals surface area contributed by atoms with Gasteiger partial charge in [0.25, 0.3) is 11.8 Å². The molecule has 1 aromatic heterocycles. The SMILES string of the molecule is COc1cc(/C=C(\NC(=O)c2ccccc2)C(=O)Nc2ccc(SC(C(=O)Nc3nc(-c4ccc(C)cc4)c(C)s3)c3ccccc3)cc2)cc(OC)c1OC. The van der Waals surface area contributed by atoms with Gasteiger partial charge in [-0.1, -0.05) is 78.4 Å². The summed E-state index contributed by atoms with van der Waals surface area (Å²) in [5.74, 6) is -0.0712. The van der Waals surface area contributed by atoms with Crippen molar-refractivity contribution in [2.45, 2.75) is 24.0 Å². The Labute approximate surface area is 333 Å². The smallest absolute Gasteiger partial charge is 0.272 e. The minimum atomic E-state index is -0.593. The molecule has 0 radical (unpaired) electrons. The van der Waals surface area contributed by atoms with Crippen molar-refractivity contribution in [1.29, 1.82) is 0 Å². The van der Waals surface area contributed by atoms with E-state index >= 15 is 0 Å². The molecular weight excluding hydrogens is 745 g/mol. The second-order valence-electron chi connectivity index (χ2n) is 12.5. The summed E-state index contributed by atoms with van der Waals surface area (Å²) in [6, 6.07) is 36.8. The molecule has 1 atom stereocenters. The van der Waals surface area contributed by atoms with Gasteiger partial charge in [-0.15, -0.1) is 23.1 Å². The fourth-order valence-corrected chi connectivity index (χ4v) is 7.61. The molecule has 284 valence electrons. The summed E-state index contributed by atoms with van der Waals surface area (Å²) in [6.45, 7) is 4.04. The summed E-state index contributed by atoms with van der Waals surface area (Å²) in [5.41, 5.74) is 5.19. The number of carbonyl (C=O) groups excluding carboxylic acids is 3. The van der Waals surface area contributed by atoms with E-state index in [9.17, 15) is 14.4 Å². The van der Waals surface area contributed by atoms with Crippen LogP contribution in [-0.4, -0.2) is 44.0 Å². The number of rotatable bonds is 14. The zero-order valence-corrected chi connectivity index (χ0v) is 33.0. The maximum Gasteiger partial charge on any atom is 0.272 e. The van der Waals surface area contributed by atoms with Gasteiger partial charge in [0, 0.05) is 26.6 Å². The van der Waals surface area contributed by atoms with Crippen molar-refractivity contribution in [1.82, 2.24) is 10.3 Å². The maximum atomic E-state index is 13.9. The van der Waals surface area contributed by atoms with Crippen molar-refractivity contribution in [2.24, 2.45) is 0 Å².